The first-order valence-corrected chi connectivity index (χ1v) is 6.50. The van der Waals surface area contributed by atoms with Gasteiger partial charge in [-0.2, -0.15) is 0 Å². The number of piperidine rings is 1. The molecule has 0 aliphatic carbocycles. The Hall–Kier alpha value is -0.300. The maximum Gasteiger partial charge on any atom is 0.0158 e. The van der Waals surface area contributed by atoms with Gasteiger partial charge in [0.1, 0.15) is 0 Å². The summed E-state index contributed by atoms with van der Waals surface area (Å²) in [5.41, 5.74) is 0.348. The van der Waals surface area contributed by atoms with Crippen LogP contribution in [-0.2, 0) is 0 Å². The molecule has 0 aromatic heterocycles. The Balaban J connectivity index is 1.99. The lowest BCUT2D eigenvalue weighted by molar-refractivity contribution is 0.158. The normalized spacial score (nSPS) is 33.5. The van der Waals surface area contributed by atoms with Gasteiger partial charge in [-0.3, -0.25) is 4.90 Å². The Morgan fingerprint density at radius 1 is 1.07 bits per heavy atom. The molecule has 2 unspecified atom stereocenters. The minimum Gasteiger partial charge on any atom is -0.300 e. The molecular formula is C14H25N. The van der Waals surface area contributed by atoms with Crippen LogP contribution in [0.2, 0.25) is 0 Å². The molecule has 2 saturated heterocycles. The van der Waals surface area contributed by atoms with E-state index in [1.807, 2.05) is 0 Å². The van der Waals surface area contributed by atoms with Crippen molar-refractivity contribution >= 4 is 0 Å². The van der Waals surface area contributed by atoms with E-state index in [4.69, 9.17) is 0 Å². The third kappa shape index (κ3) is 2.84. The van der Waals surface area contributed by atoms with Gasteiger partial charge in [-0.25, -0.2) is 0 Å². The fourth-order valence-corrected chi connectivity index (χ4v) is 2.97. The van der Waals surface area contributed by atoms with E-state index < -0.39 is 0 Å². The van der Waals surface area contributed by atoms with Crippen molar-refractivity contribution in [2.75, 3.05) is 13.1 Å². The van der Waals surface area contributed by atoms with Crippen LogP contribution in [0.15, 0.2) is 12.2 Å². The molecule has 0 radical (unpaired) electrons. The summed E-state index contributed by atoms with van der Waals surface area (Å²) < 4.78 is 0. The van der Waals surface area contributed by atoms with Crippen LogP contribution in [0.1, 0.15) is 46.5 Å². The van der Waals surface area contributed by atoms with Crippen LogP contribution >= 0.6 is 0 Å². The van der Waals surface area contributed by atoms with Crippen LogP contribution in [0.5, 0.6) is 0 Å². The minimum atomic E-state index is 0.348. The second-order valence-electron chi connectivity index (χ2n) is 6.28. The Morgan fingerprint density at radius 2 is 1.73 bits per heavy atom. The predicted octanol–water partition coefficient (Wildman–Crippen LogP) is 3.46. The van der Waals surface area contributed by atoms with Gasteiger partial charge in [0.2, 0.25) is 0 Å². The van der Waals surface area contributed by atoms with Crippen LogP contribution in [0, 0.1) is 11.3 Å². The van der Waals surface area contributed by atoms with Gasteiger partial charge >= 0.3 is 0 Å². The summed E-state index contributed by atoms with van der Waals surface area (Å²) >= 11 is 0. The van der Waals surface area contributed by atoms with Gasteiger partial charge in [0.25, 0.3) is 0 Å². The van der Waals surface area contributed by atoms with Crippen LogP contribution < -0.4 is 0 Å². The summed E-state index contributed by atoms with van der Waals surface area (Å²) in [4.78, 5) is 2.71. The van der Waals surface area contributed by atoms with Crippen molar-refractivity contribution in [3.63, 3.8) is 0 Å². The molecule has 0 amide bonds. The molecule has 0 spiro atoms. The minimum absolute atomic E-state index is 0.348. The van der Waals surface area contributed by atoms with E-state index in [9.17, 15) is 0 Å². The average Bonchev–Trinajstić information content (AvgIpc) is 2.61. The average molecular weight is 207 g/mol. The van der Waals surface area contributed by atoms with Crippen molar-refractivity contribution in [1.29, 1.82) is 0 Å². The van der Waals surface area contributed by atoms with Crippen molar-refractivity contribution in [1.82, 2.24) is 4.90 Å². The Labute approximate surface area is 94.5 Å². The van der Waals surface area contributed by atoms with Gasteiger partial charge in [-0.05, 0) is 50.1 Å². The third-order valence-corrected chi connectivity index (χ3v) is 3.73. The van der Waals surface area contributed by atoms with Crippen molar-refractivity contribution in [2.24, 2.45) is 11.3 Å². The van der Waals surface area contributed by atoms with Crippen molar-refractivity contribution in [2.45, 2.75) is 52.5 Å². The van der Waals surface area contributed by atoms with Gasteiger partial charge < -0.3 is 0 Å². The van der Waals surface area contributed by atoms with Gasteiger partial charge in [-0.15, -0.1) is 0 Å². The molecule has 2 aliphatic heterocycles. The van der Waals surface area contributed by atoms with Crippen LogP contribution in [-0.4, -0.2) is 24.0 Å². The first-order chi connectivity index (χ1) is 7.06. The van der Waals surface area contributed by atoms with Crippen LogP contribution in [0.25, 0.3) is 0 Å². The van der Waals surface area contributed by atoms with E-state index >= 15 is 0 Å². The SMILES string of the molecule is CC(C)(C)/C=C/C1CCCN2CCCC12. The van der Waals surface area contributed by atoms with E-state index in [1.54, 1.807) is 0 Å². The Morgan fingerprint density at radius 3 is 2.40 bits per heavy atom. The summed E-state index contributed by atoms with van der Waals surface area (Å²) in [6.07, 6.45) is 10.6. The second kappa shape index (κ2) is 4.29. The second-order valence-corrected chi connectivity index (χ2v) is 6.28. The Kier molecular flexibility index (Phi) is 3.20. The molecule has 0 bridgehead atoms. The topological polar surface area (TPSA) is 3.24 Å². The summed E-state index contributed by atoms with van der Waals surface area (Å²) in [5, 5.41) is 0. The first kappa shape index (κ1) is 11.2. The maximum absolute atomic E-state index is 2.71. The summed E-state index contributed by atoms with van der Waals surface area (Å²) in [5.74, 6) is 0.834. The Bertz CT molecular complexity index is 236. The summed E-state index contributed by atoms with van der Waals surface area (Å²) in [6.45, 7) is 9.57. The van der Waals surface area contributed by atoms with E-state index in [0.717, 1.165) is 12.0 Å². The lowest BCUT2D eigenvalue weighted by Crippen LogP contribution is -2.39. The highest BCUT2D eigenvalue weighted by atomic mass is 15.2. The molecule has 2 aliphatic rings. The van der Waals surface area contributed by atoms with Crippen LogP contribution in [0.3, 0.4) is 0 Å². The van der Waals surface area contributed by atoms with Crippen molar-refractivity contribution < 1.29 is 0 Å². The standard InChI is InChI=1S/C14H25N/c1-14(2,3)9-8-12-6-4-10-15-11-5-7-13(12)15/h8-9,12-13H,4-7,10-11H2,1-3H3/b9-8+. The maximum atomic E-state index is 2.71. The molecule has 15 heavy (non-hydrogen) atoms. The number of allylic oxidation sites excluding steroid dienone is 1. The molecule has 0 aromatic rings. The van der Waals surface area contributed by atoms with Gasteiger partial charge in [0.15, 0.2) is 0 Å². The van der Waals surface area contributed by atoms with E-state index in [2.05, 4.69) is 37.8 Å². The van der Waals surface area contributed by atoms with Gasteiger partial charge in [0.05, 0.1) is 0 Å². The van der Waals surface area contributed by atoms with E-state index in [1.165, 1.54) is 38.8 Å². The monoisotopic (exact) mass is 207 g/mol. The smallest absolute Gasteiger partial charge is 0.0158 e. The zero-order valence-corrected chi connectivity index (χ0v) is 10.5. The number of fused-ring (bicyclic) bond motifs is 1. The highest BCUT2D eigenvalue weighted by Gasteiger charge is 2.33. The summed E-state index contributed by atoms with van der Waals surface area (Å²) in [6, 6.07) is 0.873. The molecule has 0 aromatic carbocycles. The van der Waals surface area contributed by atoms with Crippen molar-refractivity contribution in [3.05, 3.63) is 12.2 Å². The highest BCUT2D eigenvalue weighted by molar-refractivity contribution is 5.03. The zero-order valence-electron chi connectivity index (χ0n) is 10.5. The fraction of sp³-hybridized carbons (Fsp3) is 0.857. The molecule has 2 atom stereocenters. The van der Waals surface area contributed by atoms with E-state index in [-0.39, 0.29) is 0 Å². The fourth-order valence-electron chi connectivity index (χ4n) is 2.97. The lowest BCUT2D eigenvalue weighted by Gasteiger charge is -2.35. The van der Waals surface area contributed by atoms with Crippen LogP contribution in [0.4, 0.5) is 0 Å². The highest BCUT2D eigenvalue weighted by Crippen LogP contribution is 2.33. The molecule has 86 valence electrons. The number of hydrogen-bond acceptors (Lipinski definition) is 1. The molecule has 2 fully saturated rings. The van der Waals surface area contributed by atoms with Gasteiger partial charge in [0, 0.05) is 6.04 Å². The number of hydrogen-bond donors (Lipinski definition) is 0. The third-order valence-electron chi connectivity index (χ3n) is 3.73. The first-order valence-electron chi connectivity index (χ1n) is 6.50. The number of rotatable bonds is 1. The van der Waals surface area contributed by atoms with Gasteiger partial charge in [-0.1, -0.05) is 32.9 Å². The molecule has 1 nitrogen and oxygen atoms in total. The zero-order chi connectivity index (χ0) is 10.9. The molecule has 2 heterocycles. The molecule has 0 N–H and O–H groups in total. The molecular weight excluding hydrogens is 182 g/mol. The van der Waals surface area contributed by atoms with Crippen molar-refractivity contribution in [3.8, 4) is 0 Å². The summed E-state index contributed by atoms with van der Waals surface area (Å²) in [7, 11) is 0. The molecule has 1 heteroatoms. The lowest BCUT2D eigenvalue weighted by atomic mass is 9.86. The molecule has 2 rings (SSSR count). The predicted molar refractivity (Wildman–Crippen MR) is 65.9 cm³/mol. The molecule has 0 saturated carbocycles. The number of nitrogens with zero attached hydrogens (tertiary/aromatic N) is 1. The quantitative estimate of drug-likeness (QED) is 0.595. The van der Waals surface area contributed by atoms with E-state index in [0.29, 0.717) is 5.41 Å². The largest absolute Gasteiger partial charge is 0.300 e.